The fourth-order valence-electron chi connectivity index (χ4n) is 6.13. The lowest BCUT2D eigenvalue weighted by atomic mass is 10.2. The van der Waals surface area contributed by atoms with Gasteiger partial charge in [0.2, 0.25) is 0 Å². The van der Waals surface area contributed by atoms with Crippen LogP contribution in [0.5, 0.6) is 0 Å². The van der Waals surface area contributed by atoms with E-state index in [4.69, 9.17) is 19.4 Å². The van der Waals surface area contributed by atoms with Gasteiger partial charge in [-0.25, -0.2) is 9.97 Å². The number of aromatic amines is 2. The minimum atomic E-state index is -0.779. The van der Waals surface area contributed by atoms with Crippen LogP contribution in [0.3, 0.4) is 0 Å². The molecule has 2 aliphatic heterocycles. The van der Waals surface area contributed by atoms with Crippen molar-refractivity contribution in [3.05, 3.63) is 84.9 Å². The summed E-state index contributed by atoms with van der Waals surface area (Å²) in [6, 6.07) is 27.1. The minimum Gasteiger partial charge on any atom is -0.378 e. The quantitative estimate of drug-likeness (QED) is 0.186. The van der Waals surface area contributed by atoms with Crippen LogP contribution in [-0.2, 0) is 19.1 Å². The molecule has 2 aliphatic rings. The molecule has 4 aromatic carbocycles. The fraction of sp³-hybridized carbons (Fsp3) is 0.222. The minimum absolute atomic E-state index is 0.480. The second kappa shape index (κ2) is 12.8. The van der Waals surface area contributed by atoms with Crippen LogP contribution in [0.4, 0.5) is 22.7 Å². The zero-order valence-corrected chi connectivity index (χ0v) is 26.2. The van der Waals surface area contributed by atoms with Crippen LogP contribution >= 0.6 is 0 Å². The van der Waals surface area contributed by atoms with Crippen LogP contribution in [-0.4, -0.2) is 84.4 Å². The van der Waals surface area contributed by atoms with Crippen molar-refractivity contribution >= 4 is 56.6 Å². The van der Waals surface area contributed by atoms with Gasteiger partial charge in [-0.15, -0.1) is 0 Å². The SMILES string of the molecule is O=C(Nc1ccc2nc(-c3ccc(N4CCOCC4)cc3)[nH]c2c1)C(=O)Nc1ccc2nc(-c3ccc(N4CCOCC4)cc3)[nH]c2c1. The molecule has 0 radical (unpaired) electrons. The van der Waals surface area contributed by atoms with Gasteiger partial charge in [-0.3, -0.25) is 9.59 Å². The number of nitrogens with one attached hydrogen (secondary N) is 4. The Bertz CT molecular complexity index is 1940. The van der Waals surface area contributed by atoms with Gasteiger partial charge in [0.05, 0.1) is 48.5 Å². The summed E-state index contributed by atoms with van der Waals surface area (Å²) < 4.78 is 10.9. The van der Waals surface area contributed by atoms with E-state index in [-0.39, 0.29) is 0 Å². The molecule has 4 heterocycles. The molecule has 242 valence electrons. The topological polar surface area (TPSA) is 140 Å². The van der Waals surface area contributed by atoms with Gasteiger partial charge < -0.3 is 39.9 Å². The van der Waals surface area contributed by atoms with E-state index in [9.17, 15) is 9.59 Å². The van der Waals surface area contributed by atoms with Gasteiger partial charge in [-0.1, -0.05) is 0 Å². The first kappa shape index (κ1) is 29.7. The Balaban J connectivity index is 0.908. The molecule has 12 heteroatoms. The van der Waals surface area contributed by atoms with Crippen molar-refractivity contribution in [2.45, 2.75) is 0 Å². The maximum atomic E-state index is 12.8. The van der Waals surface area contributed by atoms with Gasteiger partial charge in [0.25, 0.3) is 0 Å². The third kappa shape index (κ3) is 6.18. The number of morpholine rings is 2. The summed E-state index contributed by atoms with van der Waals surface area (Å²) >= 11 is 0. The van der Waals surface area contributed by atoms with Crippen LogP contribution in [0.2, 0.25) is 0 Å². The molecule has 2 aromatic heterocycles. The van der Waals surface area contributed by atoms with Crippen molar-refractivity contribution < 1.29 is 19.1 Å². The number of imidazole rings is 2. The van der Waals surface area contributed by atoms with E-state index in [1.54, 1.807) is 24.3 Å². The Labute approximate surface area is 276 Å². The molecule has 2 saturated heterocycles. The van der Waals surface area contributed by atoms with E-state index in [0.29, 0.717) is 11.4 Å². The van der Waals surface area contributed by atoms with Crippen molar-refractivity contribution in [3.63, 3.8) is 0 Å². The summed E-state index contributed by atoms with van der Waals surface area (Å²) in [4.78, 5) is 46.4. The number of benzene rings is 4. The number of hydrogen-bond acceptors (Lipinski definition) is 8. The molecule has 6 aromatic rings. The van der Waals surface area contributed by atoms with E-state index in [1.165, 1.54) is 0 Å². The summed E-state index contributed by atoms with van der Waals surface area (Å²) in [5.41, 5.74) is 8.18. The number of amides is 2. The van der Waals surface area contributed by atoms with Crippen molar-refractivity contribution in [1.82, 2.24) is 19.9 Å². The highest BCUT2D eigenvalue weighted by molar-refractivity contribution is 6.43. The van der Waals surface area contributed by atoms with E-state index in [2.05, 4.69) is 54.7 Å². The van der Waals surface area contributed by atoms with Crippen LogP contribution in [0.25, 0.3) is 44.8 Å². The number of rotatable bonds is 6. The van der Waals surface area contributed by atoms with Crippen LogP contribution in [0, 0.1) is 0 Å². The Kier molecular flexibility index (Phi) is 7.92. The average molecular weight is 643 g/mol. The third-order valence-electron chi connectivity index (χ3n) is 8.72. The molecule has 0 bridgehead atoms. The maximum absolute atomic E-state index is 12.8. The molecule has 4 N–H and O–H groups in total. The molecule has 48 heavy (non-hydrogen) atoms. The Morgan fingerprint density at radius 1 is 0.562 bits per heavy atom. The zero-order valence-electron chi connectivity index (χ0n) is 26.2. The van der Waals surface area contributed by atoms with E-state index in [1.807, 2.05) is 36.4 Å². The van der Waals surface area contributed by atoms with E-state index < -0.39 is 11.8 Å². The largest absolute Gasteiger partial charge is 0.378 e. The van der Waals surface area contributed by atoms with Crippen LogP contribution in [0.1, 0.15) is 0 Å². The number of nitrogens with zero attached hydrogens (tertiary/aromatic N) is 4. The highest BCUT2D eigenvalue weighted by Crippen LogP contribution is 2.27. The summed E-state index contributed by atoms with van der Waals surface area (Å²) in [6.45, 7) is 6.46. The number of anilines is 4. The molecule has 8 rings (SSSR count). The highest BCUT2D eigenvalue weighted by atomic mass is 16.5. The number of H-pyrrole nitrogens is 2. The monoisotopic (exact) mass is 642 g/mol. The Morgan fingerprint density at radius 2 is 0.958 bits per heavy atom. The predicted molar refractivity (Wildman–Crippen MR) is 186 cm³/mol. The maximum Gasteiger partial charge on any atom is 0.314 e. The van der Waals surface area contributed by atoms with Gasteiger partial charge >= 0.3 is 11.8 Å². The van der Waals surface area contributed by atoms with Crippen molar-refractivity contribution in [3.8, 4) is 22.8 Å². The summed E-state index contributed by atoms with van der Waals surface area (Å²) in [5, 5.41) is 5.39. The lowest BCUT2D eigenvalue weighted by molar-refractivity contribution is -0.132. The van der Waals surface area contributed by atoms with Gasteiger partial charge in [0, 0.05) is 60.1 Å². The van der Waals surface area contributed by atoms with Gasteiger partial charge in [-0.05, 0) is 84.9 Å². The standard InChI is InChI=1S/C36H34N8O4/c45-35(37-25-5-11-29-31(21-25)41-33(39-29)23-1-7-27(8-2-23)43-13-17-47-18-14-43)36(46)38-26-6-12-30-32(22-26)42-34(40-30)24-3-9-28(10-4-24)44-15-19-48-20-16-44/h1-12,21-22H,13-20H2,(H,37,45)(H,38,46)(H,39,41)(H,40,42). The zero-order chi connectivity index (χ0) is 32.5. The molecular formula is C36H34N8O4. The number of aromatic nitrogens is 4. The van der Waals surface area contributed by atoms with E-state index >= 15 is 0 Å². The van der Waals surface area contributed by atoms with E-state index in [0.717, 1.165) is 109 Å². The summed E-state index contributed by atoms with van der Waals surface area (Å²) in [5.74, 6) is -0.110. The Morgan fingerprint density at radius 3 is 1.35 bits per heavy atom. The molecule has 0 atom stereocenters. The highest BCUT2D eigenvalue weighted by Gasteiger charge is 2.17. The van der Waals surface area contributed by atoms with Gasteiger partial charge in [-0.2, -0.15) is 0 Å². The first-order valence-electron chi connectivity index (χ1n) is 16.0. The molecule has 0 saturated carbocycles. The number of hydrogen-bond donors (Lipinski definition) is 4. The average Bonchev–Trinajstić information content (AvgIpc) is 3.77. The first-order valence-corrected chi connectivity index (χ1v) is 16.0. The normalized spacial score (nSPS) is 15.2. The number of carbonyl (C=O) groups is 2. The molecule has 0 spiro atoms. The number of fused-ring (bicyclic) bond motifs is 2. The van der Waals surface area contributed by atoms with Gasteiger partial charge in [0.1, 0.15) is 11.6 Å². The summed E-state index contributed by atoms with van der Waals surface area (Å²) in [6.07, 6.45) is 0. The number of carbonyl (C=O) groups excluding carboxylic acids is 2. The molecule has 0 unspecified atom stereocenters. The van der Waals surface area contributed by atoms with Crippen molar-refractivity contribution in [2.24, 2.45) is 0 Å². The molecule has 2 fully saturated rings. The lowest BCUT2D eigenvalue weighted by Gasteiger charge is -2.28. The molecule has 12 nitrogen and oxygen atoms in total. The third-order valence-corrected chi connectivity index (χ3v) is 8.72. The first-order chi connectivity index (χ1) is 23.6. The van der Waals surface area contributed by atoms with Crippen LogP contribution in [0.15, 0.2) is 84.9 Å². The smallest absolute Gasteiger partial charge is 0.314 e. The van der Waals surface area contributed by atoms with Crippen molar-refractivity contribution in [1.29, 1.82) is 0 Å². The lowest BCUT2D eigenvalue weighted by Crippen LogP contribution is -2.36. The Hall–Kier alpha value is -5.72. The summed E-state index contributed by atoms with van der Waals surface area (Å²) in [7, 11) is 0. The van der Waals surface area contributed by atoms with Crippen molar-refractivity contribution in [2.75, 3.05) is 73.0 Å². The second-order valence-electron chi connectivity index (χ2n) is 11.8. The fourth-order valence-corrected chi connectivity index (χ4v) is 6.13. The van der Waals surface area contributed by atoms with Crippen LogP contribution < -0.4 is 20.4 Å². The second-order valence-corrected chi connectivity index (χ2v) is 11.8. The predicted octanol–water partition coefficient (Wildman–Crippen LogP) is 5.02. The molecular weight excluding hydrogens is 608 g/mol. The molecule has 0 aliphatic carbocycles. The van der Waals surface area contributed by atoms with Gasteiger partial charge in [0.15, 0.2) is 0 Å². The number of ether oxygens (including phenoxy) is 2. The molecule has 2 amide bonds.